The highest BCUT2D eigenvalue weighted by atomic mass is 16.2. The van der Waals surface area contributed by atoms with Crippen LogP contribution in [0.3, 0.4) is 0 Å². The van der Waals surface area contributed by atoms with Crippen LogP contribution in [-0.2, 0) is 9.59 Å². The van der Waals surface area contributed by atoms with E-state index in [9.17, 15) is 9.59 Å². The number of nitrogens with one attached hydrogen (secondary N) is 2. The lowest BCUT2D eigenvalue weighted by Gasteiger charge is -2.55. The molecule has 8 bridgehead atoms. The van der Waals surface area contributed by atoms with Crippen LogP contribution < -0.4 is 10.6 Å². The second-order valence-corrected chi connectivity index (χ2v) is 11.5. The Bertz CT molecular complexity index is 681. The molecule has 0 aromatic carbocycles. The molecule has 0 aromatic rings. The molecular formula is C24H32N4O2. The number of carbonyl (C=O) groups is 2. The molecule has 8 aliphatic rings. The molecule has 2 amide bonds. The molecule has 2 N–H and O–H groups in total. The van der Waals surface area contributed by atoms with E-state index in [1.165, 1.54) is 38.5 Å². The maximum Gasteiger partial charge on any atom is 0.239 e. The minimum absolute atomic E-state index is 0.00380. The van der Waals surface area contributed by atoms with Gasteiger partial charge in [-0.2, -0.15) is 10.5 Å². The Balaban J connectivity index is 0.000000128. The fraction of sp³-hybridized carbons (Fsp3) is 0.833. The molecule has 0 heterocycles. The van der Waals surface area contributed by atoms with Crippen LogP contribution in [0.1, 0.15) is 77.0 Å². The topological polar surface area (TPSA) is 106 Å². The average molecular weight is 409 g/mol. The van der Waals surface area contributed by atoms with Crippen molar-refractivity contribution >= 4 is 11.8 Å². The quantitative estimate of drug-likeness (QED) is 0.538. The van der Waals surface area contributed by atoms with Gasteiger partial charge in [0, 0.05) is 0 Å². The Morgan fingerprint density at radius 2 is 0.800 bits per heavy atom. The van der Waals surface area contributed by atoms with Crippen molar-refractivity contribution in [1.29, 1.82) is 10.5 Å². The van der Waals surface area contributed by atoms with Crippen LogP contribution in [0.15, 0.2) is 0 Å². The zero-order valence-electron chi connectivity index (χ0n) is 17.7. The van der Waals surface area contributed by atoms with E-state index in [1.807, 2.05) is 0 Å². The first-order valence-electron chi connectivity index (χ1n) is 11.8. The van der Waals surface area contributed by atoms with E-state index in [2.05, 4.69) is 10.6 Å². The van der Waals surface area contributed by atoms with Crippen molar-refractivity contribution < 1.29 is 9.59 Å². The maximum absolute atomic E-state index is 12.0. The number of nitriles is 2. The summed E-state index contributed by atoms with van der Waals surface area (Å²) in [4.78, 5) is 23.9. The van der Waals surface area contributed by atoms with E-state index in [1.54, 1.807) is 12.4 Å². The van der Waals surface area contributed by atoms with Crippen molar-refractivity contribution in [2.24, 2.45) is 46.3 Å². The minimum atomic E-state index is -0.162. The number of hydrogen-bond donors (Lipinski definition) is 2. The normalized spacial score (nSPS) is 46.2. The van der Waals surface area contributed by atoms with Gasteiger partial charge in [-0.25, -0.2) is 0 Å². The Morgan fingerprint density at radius 1 is 0.567 bits per heavy atom. The van der Waals surface area contributed by atoms with Gasteiger partial charge in [0.05, 0.1) is 10.8 Å². The maximum atomic E-state index is 12.0. The first-order chi connectivity index (χ1) is 14.4. The van der Waals surface area contributed by atoms with Crippen LogP contribution in [0.2, 0.25) is 0 Å². The highest BCUT2D eigenvalue weighted by Crippen LogP contribution is 2.61. The molecule has 0 spiro atoms. The van der Waals surface area contributed by atoms with Crippen molar-refractivity contribution in [1.82, 2.24) is 10.6 Å². The lowest BCUT2D eigenvalue weighted by molar-refractivity contribution is -0.145. The van der Waals surface area contributed by atoms with Gasteiger partial charge in [-0.15, -0.1) is 0 Å². The fourth-order valence-electron chi connectivity index (χ4n) is 9.14. The number of rotatable bonds is 2. The van der Waals surface area contributed by atoms with Gasteiger partial charge in [0.25, 0.3) is 0 Å². The summed E-state index contributed by atoms with van der Waals surface area (Å²) in [5.41, 5.74) is -0.324. The van der Waals surface area contributed by atoms with E-state index >= 15 is 0 Å². The van der Waals surface area contributed by atoms with E-state index in [0.29, 0.717) is 0 Å². The van der Waals surface area contributed by atoms with Crippen LogP contribution in [0.5, 0.6) is 0 Å². The van der Waals surface area contributed by atoms with Crippen LogP contribution >= 0.6 is 0 Å². The van der Waals surface area contributed by atoms with E-state index in [4.69, 9.17) is 10.5 Å². The molecule has 8 rings (SSSR count). The average Bonchev–Trinajstić information content (AvgIpc) is 2.67. The zero-order valence-corrected chi connectivity index (χ0v) is 17.7. The molecule has 0 aromatic heterocycles. The number of carbonyl (C=O) groups excluding carboxylic acids is 2. The Morgan fingerprint density at radius 3 is 1.00 bits per heavy atom. The third-order valence-electron chi connectivity index (χ3n) is 9.38. The largest absolute Gasteiger partial charge is 0.273 e. The minimum Gasteiger partial charge on any atom is -0.273 e. The first kappa shape index (κ1) is 19.9. The first-order valence-corrected chi connectivity index (χ1v) is 11.8. The van der Waals surface area contributed by atoms with Crippen molar-refractivity contribution in [2.45, 2.75) is 77.0 Å². The van der Waals surface area contributed by atoms with E-state index < -0.39 is 0 Å². The Hall–Kier alpha value is -2.08. The number of amides is 2. The Labute approximate surface area is 178 Å². The predicted octanol–water partition coefficient (Wildman–Crippen LogP) is 3.60. The van der Waals surface area contributed by atoms with Crippen molar-refractivity contribution in [3.05, 3.63) is 0 Å². The molecule has 30 heavy (non-hydrogen) atoms. The highest BCUT2D eigenvalue weighted by Gasteiger charge is 2.55. The second kappa shape index (κ2) is 7.26. The van der Waals surface area contributed by atoms with Gasteiger partial charge in [-0.1, -0.05) is 0 Å². The molecule has 0 atom stereocenters. The van der Waals surface area contributed by atoms with Crippen molar-refractivity contribution in [3.8, 4) is 12.4 Å². The smallest absolute Gasteiger partial charge is 0.239 e. The molecule has 8 aliphatic carbocycles. The lowest BCUT2D eigenvalue weighted by atomic mass is 9.49. The van der Waals surface area contributed by atoms with Gasteiger partial charge in [0.2, 0.25) is 11.8 Å². The van der Waals surface area contributed by atoms with Gasteiger partial charge in [0.15, 0.2) is 12.4 Å². The summed E-state index contributed by atoms with van der Waals surface area (Å²) in [5.74, 6) is 4.59. The van der Waals surface area contributed by atoms with Crippen molar-refractivity contribution in [3.63, 3.8) is 0 Å². The Kier molecular flexibility index (Phi) is 4.80. The fourth-order valence-corrected chi connectivity index (χ4v) is 9.14. The molecule has 8 fully saturated rings. The number of hydrogen-bond acceptors (Lipinski definition) is 4. The van der Waals surface area contributed by atoms with Crippen LogP contribution in [0, 0.1) is 69.2 Å². The van der Waals surface area contributed by atoms with Crippen LogP contribution in [0.25, 0.3) is 0 Å². The molecule has 0 unspecified atom stereocenters. The van der Waals surface area contributed by atoms with Crippen LogP contribution in [0.4, 0.5) is 0 Å². The van der Waals surface area contributed by atoms with E-state index in [-0.39, 0.29) is 22.6 Å². The monoisotopic (exact) mass is 408 g/mol. The molecular weight excluding hydrogens is 376 g/mol. The van der Waals surface area contributed by atoms with Gasteiger partial charge in [-0.05, 0) is 113 Å². The molecule has 6 nitrogen and oxygen atoms in total. The molecule has 8 saturated carbocycles. The standard InChI is InChI=1S/2C12H16N2O/c2*13-7-14-11(15)12-4-8-1-9(5-12)3-10(2-8)6-12/h2*8-10H,1-6H2,(H,14,15). The number of nitrogens with zero attached hydrogens (tertiary/aromatic N) is 2. The van der Waals surface area contributed by atoms with Gasteiger partial charge >= 0.3 is 0 Å². The third-order valence-corrected chi connectivity index (χ3v) is 9.38. The summed E-state index contributed by atoms with van der Waals surface area (Å²) < 4.78 is 0. The molecule has 0 aliphatic heterocycles. The second-order valence-electron chi connectivity index (χ2n) is 11.5. The van der Waals surface area contributed by atoms with Crippen LogP contribution in [-0.4, -0.2) is 11.8 Å². The van der Waals surface area contributed by atoms with Gasteiger partial charge in [-0.3, -0.25) is 20.2 Å². The third kappa shape index (κ3) is 3.29. The van der Waals surface area contributed by atoms with Gasteiger partial charge in [0.1, 0.15) is 0 Å². The summed E-state index contributed by atoms with van der Waals surface area (Å²) in [6.45, 7) is 0. The van der Waals surface area contributed by atoms with Gasteiger partial charge < -0.3 is 0 Å². The summed E-state index contributed by atoms with van der Waals surface area (Å²) in [6.07, 6.45) is 17.8. The lowest BCUT2D eigenvalue weighted by Crippen LogP contribution is -2.52. The molecule has 6 heteroatoms. The summed E-state index contributed by atoms with van der Waals surface area (Å²) in [6, 6.07) is 0. The summed E-state index contributed by atoms with van der Waals surface area (Å²) in [7, 11) is 0. The summed E-state index contributed by atoms with van der Waals surface area (Å²) >= 11 is 0. The van der Waals surface area contributed by atoms with Crippen molar-refractivity contribution in [2.75, 3.05) is 0 Å². The molecule has 0 saturated heterocycles. The predicted molar refractivity (Wildman–Crippen MR) is 109 cm³/mol. The zero-order chi connectivity index (χ0) is 20.9. The molecule has 160 valence electrons. The molecule has 0 radical (unpaired) electrons. The SMILES string of the molecule is N#CNC(=O)C12CC3CC(CC(C3)C1)C2.N#CNC(=O)C12CC3CC(CC(C3)C1)C2. The van der Waals surface area contributed by atoms with E-state index in [0.717, 1.165) is 74.0 Å². The summed E-state index contributed by atoms with van der Waals surface area (Å²) in [5, 5.41) is 21.9. The highest BCUT2D eigenvalue weighted by molar-refractivity contribution is 5.84.